The molecule has 0 aromatic rings. The Kier molecular flexibility index (Phi) is 10.6. The Bertz CT molecular complexity index is 610. The van der Waals surface area contributed by atoms with E-state index >= 15 is 0 Å². The molecule has 0 aliphatic rings. The van der Waals surface area contributed by atoms with Crippen molar-refractivity contribution >= 4 is 22.1 Å². The molecule has 0 radical (unpaired) electrons. The van der Waals surface area contributed by atoms with Crippen LogP contribution >= 0.6 is 0 Å². The monoisotopic (exact) mass is 393 g/mol. The fourth-order valence-electron chi connectivity index (χ4n) is 1.80. The van der Waals surface area contributed by atoms with Crippen molar-refractivity contribution in [2.45, 2.75) is 51.4 Å². The first-order valence-corrected chi connectivity index (χ1v) is 9.68. The normalized spacial score (nSPS) is 12.6. The molecule has 11 nitrogen and oxygen atoms in total. The molecule has 0 spiro atoms. The Balaban J connectivity index is 4.87. The second kappa shape index (κ2) is 11.6. The molecule has 0 saturated heterocycles. The number of alkyl carbamates (subject to hydrolysis) is 1. The SMILES string of the molecule is CCOC(=O)CNS(=O)(=O)C(CCCN=[N+]=[N-])CNC(=O)OC(C)(C)C. The van der Waals surface area contributed by atoms with Crippen molar-refractivity contribution in [1.82, 2.24) is 10.0 Å². The number of carbonyl (C=O) groups is 2. The number of azide groups is 1. The Hall–Kier alpha value is -2.04. The van der Waals surface area contributed by atoms with Gasteiger partial charge in [-0.1, -0.05) is 5.11 Å². The number of sulfonamides is 1. The number of amides is 1. The minimum atomic E-state index is -3.92. The van der Waals surface area contributed by atoms with Crippen LogP contribution in [0.15, 0.2) is 5.11 Å². The highest BCUT2D eigenvalue weighted by Crippen LogP contribution is 2.10. The van der Waals surface area contributed by atoms with E-state index in [1.54, 1.807) is 27.7 Å². The summed E-state index contributed by atoms with van der Waals surface area (Å²) in [6.07, 6.45) is -0.337. The van der Waals surface area contributed by atoms with E-state index in [2.05, 4.69) is 24.8 Å². The van der Waals surface area contributed by atoms with E-state index in [-0.39, 0.29) is 26.1 Å². The molecule has 0 aliphatic heterocycles. The molecular formula is C14H27N5O6S. The quantitative estimate of drug-likeness (QED) is 0.178. The van der Waals surface area contributed by atoms with Crippen molar-refractivity contribution in [3.05, 3.63) is 10.4 Å². The summed E-state index contributed by atoms with van der Waals surface area (Å²) < 4.78 is 36.7. The molecule has 0 saturated carbocycles. The largest absolute Gasteiger partial charge is 0.465 e. The van der Waals surface area contributed by atoms with Crippen LogP contribution in [0.2, 0.25) is 0 Å². The zero-order chi connectivity index (χ0) is 20.2. The van der Waals surface area contributed by atoms with Crippen LogP contribution in [0.25, 0.3) is 10.4 Å². The highest BCUT2D eigenvalue weighted by Gasteiger charge is 2.27. The van der Waals surface area contributed by atoms with Crippen LogP contribution in [0.3, 0.4) is 0 Å². The zero-order valence-corrected chi connectivity index (χ0v) is 16.3. The summed E-state index contributed by atoms with van der Waals surface area (Å²) in [5.41, 5.74) is 7.55. The molecule has 26 heavy (non-hydrogen) atoms. The maximum Gasteiger partial charge on any atom is 0.407 e. The Morgan fingerprint density at radius 1 is 1.31 bits per heavy atom. The van der Waals surface area contributed by atoms with Crippen LogP contribution in [0.4, 0.5) is 4.79 Å². The number of esters is 1. The lowest BCUT2D eigenvalue weighted by atomic mass is 10.2. The van der Waals surface area contributed by atoms with E-state index in [0.29, 0.717) is 6.42 Å². The summed E-state index contributed by atoms with van der Waals surface area (Å²) in [7, 11) is -3.92. The van der Waals surface area contributed by atoms with Gasteiger partial charge >= 0.3 is 12.1 Å². The van der Waals surface area contributed by atoms with Crippen LogP contribution < -0.4 is 10.0 Å². The van der Waals surface area contributed by atoms with Gasteiger partial charge < -0.3 is 14.8 Å². The molecular weight excluding hydrogens is 366 g/mol. The molecule has 12 heteroatoms. The summed E-state index contributed by atoms with van der Waals surface area (Å²) in [4.78, 5) is 25.7. The van der Waals surface area contributed by atoms with Gasteiger partial charge in [-0.15, -0.1) is 0 Å². The van der Waals surface area contributed by atoms with Gasteiger partial charge in [0.15, 0.2) is 0 Å². The van der Waals surface area contributed by atoms with Crippen LogP contribution in [-0.4, -0.2) is 57.6 Å². The maximum atomic E-state index is 12.4. The predicted molar refractivity (Wildman–Crippen MR) is 94.8 cm³/mol. The topological polar surface area (TPSA) is 160 Å². The third kappa shape index (κ3) is 11.5. The summed E-state index contributed by atoms with van der Waals surface area (Å²) in [5, 5.41) is 4.72. The first-order valence-electron chi connectivity index (χ1n) is 8.13. The summed E-state index contributed by atoms with van der Waals surface area (Å²) in [6, 6.07) is 0. The number of rotatable bonds is 11. The van der Waals surface area contributed by atoms with Crippen LogP contribution in [-0.2, 0) is 24.3 Å². The highest BCUT2D eigenvalue weighted by molar-refractivity contribution is 7.90. The van der Waals surface area contributed by atoms with Crippen molar-refractivity contribution in [3.63, 3.8) is 0 Å². The van der Waals surface area contributed by atoms with Crippen LogP contribution in [0.1, 0.15) is 40.5 Å². The van der Waals surface area contributed by atoms with Crippen LogP contribution in [0, 0.1) is 0 Å². The van der Waals surface area contributed by atoms with Gasteiger partial charge in [-0.2, -0.15) is 0 Å². The highest BCUT2D eigenvalue weighted by atomic mass is 32.2. The molecule has 0 rings (SSSR count). The van der Waals surface area contributed by atoms with E-state index in [4.69, 9.17) is 10.3 Å². The molecule has 2 N–H and O–H groups in total. The molecule has 0 aliphatic carbocycles. The van der Waals surface area contributed by atoms with Gasteiger partial charge in [-0.3, -0.25) is 4.79 Å². The third-order valence-corrected chi connectivity index (χ3v) is 4.71. The van der Waals surface area contributed by atoms with E-state index in [1.807, 2.05) is 0 Å². The van der Waals surface area contributed by atoms with E-state index in [1.165, 1.54) is 0 Å². The van der Waals surface area contributed by atoms with E-state index in [9.17, 15) is 18.0 Å². The molecule has 150 valence electrons. The van der Waals surface area contributed by atoms with Gasteiger partial charge in [0.1, 0.15) is 12.1 Å². The molecule has 1 amide bonds. The van der Waals surface area contributed by atoms with Gasteiger partial charge in [-0.05, 0) is 46.1 Å². The summed E-state index contributed by atoms with van der Waals surface area (Å²) in [5.74, 6) is -0.705. The summed E-state index contributed by atoms with van der Waals surface area (Å²) >= 11 is 0. The second-order valence-electron chi connectivity index (χ2n) is 6.27. The Morgan fingerprint density at radius 3 is 2.50 bits per heavy atom. The fraction of sp³-hybridized carbons (Fsp3) is 0.857. The van der Waals surface area contributed by atoms with Crippen molar-refractivity contribution in [2.75, 3.05) is 26.2 Å². The van der Waals surface area contributed by atoms with Crippen molar-refractivity contribution < 1.29 is 27.5 Å². The molecule has 0 aromatic heterocycles. The van der Waals surface area contributed by atoms with Gasteiger partial charge in [0.2, 0.25) is 10.0 Å². The van der Waals surface area contributed by atoms with E-state index in [0.717, 1.165) is 0 Å². The third-order valence-electron chi connectivity index (χ3n) is 2.88. The first-order chi connectivity index (χ1) is 12.0. The van der Waals surface area contributed by atoms with Crippen molar-refractivity contribution in [1.29, 1.82) is 0 Å². The molecule has 0 fully saturated rings. The second-order valence-corrected chi connectivity index (χ2v) is 8.32. The lowest BCUT2D eigenvalue weighted by Gasteiger charge is -2.22. The van der Waals surface area contributed by atoms with E-state index < -0.39 is 39.5 Å². The molecule has 1 atom stereocenters. The molecule has 0 bridgehead atoms. The lowest BCUT2D eigenvalue weighted by Crippen LogP contribution is -2.45. The Labute approximate surface area is 153 Å². The minimum Gasteiger partial charge on any atom is -0.465 e. The fourth-order valence-corrected chi connectivity index (χ4v) is 3.14. The van der Waals surface area contributed by atoms with Crippen molar-refractivity contribution in [3.8, 4) is 0 Å². The lowest BCUT2D eigenvalue weighted by molar-refractivity contribution is -0.141. The predicted octanol–water partition coefficient (Wildman–Crippen LogP) is 1.45. The smallest absolute Gasteiger partial charge is 0.407 e. The summed E-state index contributed by atoms with van der Waals surface area (Å²) in [6.45, 7) is 6.18. The average Bonchev–Trinajstić information content (AvgIpc) is 2.50. The zero-order valence-electron chi connectivity index (χ0n) is 15.5. The number of nitrogens with zero attached hydrogens (tertiary/aromatic N) is 3. The van der Waals surface area contributed by atoms with Gasteiger partial charge in [0.05, 0.1) is 11.9 Å². The standard InChI is InChI=1S/C14H27N5O6S/c1-5-24-12(20)10-18-26(22,23)11(7-6-8-17-19-15)9-16-13(21)25-14(2,3)4/h11,18H,5-10H2,1-4H3,(H,16,21). The Morgan fingerprint density at radius 2 is 1.96 bits per heavy atom. The number of carbonyl (C=O) groups excluding carboxylic acids is 2. The molecule has 1 unspecified atom stereocenters. The first kappa shape index (κ1) is 24.0. The van der Waals surface area contributed by atoms with Gasteiger partial charge in [0.25, 0.3) is 0 Å². The van der Waals surface area contributed by atoms with Crippen molar-refractivity contribution in [2.24, 2.45) is 5.11 Å². The maximum absolute atomic E-state index is 12.4. The molecule has 0 aromatic carbocycles. The van der Waals surface area contributed by atoms with Gasteiger partial charge in [0, 0.05) is 18.0 Å². The van der Waals surface area contributed by atoms with Gasteiger partial charge in [-0.25, -0.2) is 17.9 Å². The molecule has 0 heterocycles. The number of hydrogen-bond acceptors (Lipinski definition) is 7. The average molecular weight is 393 g/mol. The number of hydrogen-bond donors (Lipinski definition) is 2. The minimum absolute atomic E-state index is 0.118. The number of nitrogens with one attached hydrogen (secondary N) is 2. The van der Waals surface area contributed by atoms with Crippen LogP contribution in [0.5, 0.6) is 0 Å². The number of ether oxygens (including phenoxy) is 2.